The van der Waals surface area contributed by atoms with Crippen LogP contribution in [0.4, 0.5) is 11.5 Å². The van der Waals surface area contributed by atoms with Crippen molar-refractivity contribution in [1.82, 2.24) is 24.4 Å². The zero-order chi connectivity index (χ0) is 16.2. The van der Waals surface area contributed by atoms with E-state index in [1.807, 2.05) is 19.2 Å². The summed E-state index contributed by atoms with van der Waals surface area (Å²) in [5, 5.41) is 16.6. The topological polar surface area (TPSA) is 94.9 Å². The first-order valence-electron chi connectivity index (χ1n) is 7.79. The summed E-state index contributed by atoms with van der Waals surface area (Å²) in [6, 6.07) is 1.97. The Labute approximate surface area is 147 Å². The summed E-state index contributed by atoms with van der Waals surface area (Å²) in [6.07, 6.45) is 6.71. The van der Waals surface area contributed by atoms with Gasteiger partial charge in [0.05, 0.1) is 25.2 Å². The second-order valence-electron chi connectivity index (χ2n) is 5.69. The van der Waals surface area contributed by atoms with E-state index in [9.17, 15) is 0 Å². The molecule has 0 saturated carbocycles. The highest BCUT2D eigenvalue weighted by molar-refractivity contribution is 5.85. The number of aliphatic hydroxyl groups is 1. The van der Waals surface area contributed by atoms with Gasteiger partial charge in [-0.2, -0.15) is 9.61 Å². The van der Waals surface area contributed by atoms with E-state index in [1.54, 1.807) is 10.7 Å². The molecule has 24 heavy (non-hydrogen) atoms. The number of rotatable bonds is 7. The smallest absolute Gasteiger partial charge is 0.180 e. The highest BCUT2D eigenvalue weighted by Gasteiger charge is 2.11. The van der Waals surface area contributed by atoms with E-state index >= 15 is 0 Å². The predicted molar refractivity (Wildman–Crippen MR) is 97.0 cm³/mol. The summed E-state index contributed by atoms with van der Waals surface area (Å²) in [6.45, 7) is 5.45. The van der Waals surface area contributed by atoms with Gasteiger partial charge in [-0.05, 0) is 13.3 Å². The Kier molecular flexibility index (Phi) is 6.10. The van der Waals surface area contributed by atoms with Gasteiger partial charge in [0.2, 0.25) is 0 Å². The highest BCUT2D eigenvalue weighted by Crippen LogP contribution is 2.17. The molecule has 2 aromatic rings. The molecule has 0 atom stereocenters. The lowest BCUT2D eigenvalue weighted by Crippen LogP contribution is -2.28. The second-order valence-corrected chi connectivity index (χ2v) is 5.69. The third-order valence-electron chi connectivity index (χ3n) is 3.79. The zero-order valence-electron chi connectivity index (χ0n) is 13.7. The monoisotopic (exact) mass is 353 g/mol. The number of nitrogens with zero attached hydrogens (tertiary/aromatic N) is 5. The van der Waals surface area contributed by atoms with Gasteiger partial charge in [0, 0.05) is 43.8 Å². The minimum Gasteiger partial charge on any atom is -0.395 e. The van der Waals surface area contributed by atoms with Crippen molar-refractivity contribution in [2.24, 2.45) is 0 Å². The second kappa shape index (κ2) is 8.07. The number of fused-ring (bicyclic) bond motifs is 1. The lowest BCUT2D eigenvalue weighted by atomic mass is 10.3. The molecule has 1 aliphatic heterocycles. The Hall–Kier alpha value is -2.19. The van der Waals surface area contributed by atoms with E-state index < -0.39 is 0 Å². The van der Waals surface area contributed by atoms with Gasteiger partial charge < -0.3 is 26.0 Å². The van der Waals surface area contributed by atoms with Gasteiger partial charge in [0.25, 0.3) is 0 Å². The summed E-state index contributed by atoms with van der Waals surface area (Å²) < 4.78 is 1.74. The number of nitrogens with two attached hydrogens (primary N) is 1. The van der Waals surface area contributed by atoms with E-state index in [2.05, 4.69) is 31.4 Å². The Morgan fingerprint density at radius 1 is 1.29 bits per heavy atom. The molecule has 3 heterocycles. The lowest BCUT2D eigenvalue weighted by Gasteiger charge is -2.20. The Balaban J connectivity index is 0.00000208. The number of halogens is 1. The molecule has 0 aliphatic carbocycles. The van der Waals surface area contributed by atoms with Gasteiger partial charge >= 0.3 is 0 Å². The fourth-order valence-corrected chi connectivity index (χ4v) is 2.66. The molecular formula is C15H24ClN7O. The van der Waals surface area contributed by atoms with Gasteiger partial charge in [0.15, 0.2) is 5.65 Å². The van der Waals surface area contributed by atoms with Crippen LogP contribution in [0.15, 0.2) is 24.7 Å². The maximum atomic E-state index is 8.94. The summed E-state index contributed by atoms with van der Waals surface area (Å²) in [4.78, 5) is 8.73. The molecule has 0 saturated heterocycles. The number of aryl methyl sites for hydroxylation is 1. The first kappa shape index (κ1) is 18.2. The van der Waals surface area contributed by atoms with Crippen molar-refractivity contribution in [3.63, 3.8) is 0 Å². The molecule has 0 radical (unpaired) electrons. The van der Waals surface area contributed by atoms with Crippen molar-refractivity contribution in [1.29, 1.82) is 0 Å². The number of aliphatic hydroxyl groups excluding tert-OH is 1. The standard InChI is InChI=1S/C15H23N7O.ClH/c1-12-9-14(22-15(19-12)13(16)10-18-22)17-3-2-4-20-5-6-21(11-20)7-8-23;/h5-6,9-10,17,23H,2-4,7-8,11,16H2,1H3;1H. The van der Waals surface area contributed by atoms with Gasteiger partial charge in [-0.3, -0.25) is 0 Å². The van der Waals surface area contributed by atoms with Crippen LogP contribution in [0.3, 0.4) is 0 Å². The van der Waals surface area contributed by atoms with Gasteiger partial charge in [-0.1, -0.05) is 0 Å². The molecule has 0 unspecified atom stereocenters. The Morgan fingerprint density at radius 3 is 2.79 bits per heavy atom. The van der Waals surface area contributed by atoms with E-state index in [-0.39, 0.29) is 19.0 Å². The maximum absolute atomic E-state index is 8.94. The fraction of sp³-hybridized carbons (Fsp3) is 0.467. The summed E-state index contributed by atoms with van der Waals surface area (Å²) >= 11 is 0. The highest BCUT2D eigenvalue weighted by atomic mass is 35.5. The normalized spacial score (nSPS) is 13.6. The molecule has 2 aromatic heterocycles. The van der Waals surface area contributed by atoms with E-state index in [0.29, 0.717) is 17.9 Å². The maximum Gasteiger partial charge on any atom is 0.180 e. The van der Waals surface area contributed by atoms with Crippen LogP contribution in [0.5, 0.6) is 0 Å². The van der Waals surface area contributed by atoms with Crippen LogP contribution in [-0.4, -0.2) is 62.4 Å². The lowest BCUT2D eigenvalue weighted by molar-refractivity contribution is 0.206. The van der Waals surface area contributed by atoms with Crippen LogP contribution in [-0.2, 0) is 0 Å². The predicted octanol–water partition coefficient (Wildman–Crippen LogP) is 0.882. The third-order valence-corrected chi connectivity index (χ3v) is 3.79. The van der Waals surface area contributed by atoms with Gasteiger partial charge in [0.1, 0.15) is 5.82 Å². The molecule has 3 rings (SSSR count). The number of nitrogen functional groups attached to an aromatic ring is 1. The van der Waals surface area contributed by atoms with Crippen molar-refractivity contribution in [3.8, 4) is 0 Å². The minimum absolute atomic E-state index is 0. The average Bonchev–Trinajstić information content (AvgIpc) is 3.12. The first-order valence-corrected chi connectivity index (χ1v) is 7.79. The largest absolute Gasteiger partial charge is 0.395 e. The molecule has 0 amide bonds. The SMILES string of the molecule is Cc1cc(NCCCN2C=CN(CCO)C2)n2ncc(N)c2n1.Cl. The Morgan fingerprint density at radius 2 is 2.04 bits per heavy atom. The quantitative estimate of drug-likeness (QED) is 0.636. The van der Waals surface area contributed by atoms with Crippen molar-refractivity contribution >= 4 is 29.6 Å². The van der Waals surface area contributed by atoms with Crippen molar-refractivity contribution in [2.75, 3.05) is 44.0 Å². The molecule has 9 heteroatoms. The number of hydrogen-bond donors (Lipinski definition) is 3. The van der Waals surface area contributed by atoms with Crippen LogP contribution in [0.25, 0.3) is 5.65 Å². The van der Waals surface area contributed by atoms with Crippen LogP contribution < -0.4 is 11.1 Å². The summed E-state index contributed by atoms with van der Waals surface area (Å²) in [5.41, 5.74) is 8.07. The van der Waals surface area contributed by atoms with Gasteiger partial charge in [-0.25, -0.2) is 4.98 Å². The average molecular weight is 354 g/mol. The first-order chi connectivity index (χ1) is 11.2. The Bertz CT molecular complexity index is 702. The van der Waals surface area contributed by atoms with Gasteiger partial charge in [-0.15, -0.1) is 12.4 Å². The number of anilines is 2. The fourth-order valence-electron chi connectivity index (χ4n) is 2.66. The number of nitrogens with one attached hydrogen (secondary N) is 1. The van der Waals surface area contributed by atoms with E-state index in [0.717, 1.165) is 37.7 Å². The molecular weight excluding hydrogens is 330 g/mol. The molecule has 132 valence electrons. The summed E-state index contributed by atoms with van der Waals surface area (Å²) in [5.74, 6) is 0.906. The number of β-amino-alcohol motifs (C(OH)–C–C–N with tert-alkyl or cyclic N) is 1. The van der Waals surface area contributed by atoms with Crippen molar-refractivity contribution in [2.45, 2.75) is 13.3 Å². The van der Waals surface area contributed by atoms with E-state index in [4.69, 9.17) is 10.8 Å². The van der Waals surface area contributed by atoms with Crippen LogP contribution in [0.1, 0.15) is 12.1 Å². The summed E-state index contributed by atoms with van der Waals surface area (Å²) in [7, 11) is 0. The van der Waals surface area contributed by atoms with E-state index in [1.165, 1.54) is 0 Å². The molecule has 1 aliphatic rings. The molecule has 0 bridgehead atoms. The van der Waals surface area contributed by atoms with Crippen molar-refractivity contribution in [3.05, 3.63) is 30.4 Å². The van der Waals surface area contributed by atoms with Crippen LogP contribution in [0, 0.1) is 6.92 Å². The van der Waals surface area contributed by atoms with Crippen LogP contribution >= 0.6 is 12.4 Å². The van der Waals surface area contributed by atoms with Crippen molar-refractivity contribution < 1.29 is 5.11 Å². The molecule has 0 fully saturated rings. The molecule has 0 spiro atoms. The number of aromatic nitrogens is 3. The molecule has 8 nitrogen and oxygen atoms in total. The van der Waals surface area contributed by atoms with Crippen LogP contribution in [0.2, 0.25) is 0 Å². The molecule has 4 N–H and O–H groups in total. The number of hydrogen-bond acceptors (Lipinski definition) is 7. The zero-order valence-corrected chi connectivity index (χ0v) is 14.5. The molecule has 0 aromatic carbocycles. The minimum atomic E-state index is 0. The third kappa shape index (κ3) is 4.01.